The summed E-state index contributed by atoms with van der Waals surface area (Å²) in [5.74, 6) is -0.339. The Hall–Kier alpha value is -4.76. The van der Waals surface area contributed by atoms with Crippen molar-refractivity contribution in [3.63, 3.8) is 0 Å². The summed E-state index contributed by atoms with van der Waals surface area (Å²) in [7, 11) is 0. The predicted molar refractivity (Wildman–Crippen MR) is 146 cm³/mol. The highest BCUT2D eigenvalue weighted by molar-refractivity contribution is 6.13. The lowest BCUT2D eigenvalue weighted by atomic mass is 9.98. The van der Waals surface area contributed by atoms with Gasteiger partial charge in [0.15, 0.2) is 11.6 Å². The van der Waals surface area contributed by atoms with E-state index in [1.807, 2.05) is 54.6 Å². The number of anilines is 3. The third kappa shape index (κ3) is 5.16. The second kappa shape index (κ2) is 10.7. The zero-order chi connectivity index (χ0) is 24.7. The third-order valence-electron chi connectivity index (χ3n) is 6.11. The second-order valence-electron chi connectivity index (χ2n) is 8.52. The number of hydrogen-bond acceptors (Lipinski definition) is 3. The number of carbonyl (C=O) groups is 2. The van der Waals surface area contributed by atoms with Gasteiger partial charge in [0.05, 0.1) is 6.42 Å². The minimum Gasteiger partial charge on any atom is -0.311 e. The molecule has 0 unspecified atom stereocenters. The van der Waals surface area contributed by atoms with Gasteiger partial charge in [0.1, 0.15) is 0 Å². The van der Waals surface area contributed by atoms with E-state index in [1.54, 1.807) is 36.4 Å². The number of benzene rings is 5. The van der Waals surface area contributed by atoms with Gasteiger partial charge in [-0.1, -0.05) is 103 Å². The molecule has 0 amide bonds. The Kier molecular flexibility index (Phi) is 6.81. The molecule has 36 heavy (non-hydrogen) atoms. The lowest BCUT2D eigenvalue weighted by molar-refractivity contribution is 0.0894. The third-order valence-corrected chi connectivity index (χ3v) is 6.11. The van der Waals surface area contributed by atoms with Crippen molar-refractivity contribution < 1.29 is 9.59 Å². The van der Waals surface area contributed by atoms with Crippen molar-refractivity contribution in [1.82, 2.24) is 0 Å². The molecule has 0 aliphatic rings. The molecule has 5 aromatic carbocycles. The maximum Gasteiger partial charge on any atom is 0.170 e. The first-order chi connectivity index (χ1) is 17.7. The van der Waals surface area contributed by atoms with E-state index in [0.29, 0.717) is 11.1 Å². The molecule has 0 spiro atoms. The highest BCUT2D eigenvalue weighted by Gasteiger charge is 2.14. The molecule has 0 bridgehead atoms. The summed E-state index contributed by atoms with van der Waals surface area (Å²) < 4.78 is 0. The van der Waals surface area contributed by atoms with Crippen LogP contribution < -0.4 is 4.90 Å². The van der Waals surface area contributed by atoms with Crippen LogP contribution in [0.5, 0.6) is 0 Å². The summed E-state index contributed by atoms with van der Waals surface area (Å²) in [6.07, 6.45) is -0.132. The van der Waals surface area contributed by atoms with Gasteiger partial charge >= 0.3 is 0 Å². The summed E-state index contributed by atoms with van der Waals surface area (Å²) in [4.78, 5) is 27.2. The molecule has 0 aliphatic carbocycles. The number of hydrogen-bond donors (Lipinski definition) is 0. The molecule has 0 aromatic heterocycles. The van der Waals surface area contributed by atoms with E-state index in [1.165, 1.54) is 0 Å². The fourth-order valence-electron chi connectivity index (χ4n) is 4.23. The summed E-state index contributed by atoms with van der Waals surface area (Å²) in [6, 6.07) is 45.3. The number of nitrogens with zero attached hydrogens (tertiary/aromatic N) is 1. The quantitative estimate of drug-likeness (QED) is 0.170. The van der Waals surface area contributed by atoms with Gasteiger partial charge < -0.3 is 4.90 Å². The standard InChI is InChI=1S/C33H25NO2/c35-32(27-10-4-1-5-11-27)24-33(36)28-18-16-25(17-19-28)26-20-22-31(23-21-26)34(29-12-6-2-7-13-29)30-14-8-3-9-15-30/h1-23H,24H2. The fourth-order valence-corrected chi connectivity index (χ4v) is 4.23. The first kappa shape index (κ1) is 23.0. The summed E-state index contributed by atoms with van der Waals surface area (Å²) in [6.45, 7) is 0. The molecule has 174 valence electrons. The highest BCUT2D eigenvalue weighted by atomic mass is 16.1. The topological polar surface area (TPSA) is 37.4 Å². The Balaban J connectivity index is 1.34. The average molecular weight is 468 g/mol. The normalized spacial score (nSPS) is 10.6. The van der Waals surface area contributed by atoms with Crippen molar-refractivity contribution in [2.75, 3.05) is 4.90 Å². The van der Waals surface area contributed by atoms with Crippen molar-refractivity contribution in [1.29, 1.82) is 0 Å². The molecule has 5 rings (SSSR count). The van der Waals surface area contributed by atoms with E-state index in [9.17, 15) is 9.59 Å². The largest absolute Gasteiger partial charge is 0.311 e. The van der Waals surface area contributed by atoms with Gasteiger partial charge in [-0.2, -0.15) is 0 Å². The first-order valence-corrected chi connectivity index (χ1v) is 11.9. The van der Waals surface area contributed by atoms with Crippen LogP contribution in [0.2, 0.25) is 0 Å². The molecule has 3 heteroatoms. The minimum atomic E-state index is -0.174. The lowest BCUT2D eigenvalue weighted by Gasteiger charge is -2.25. The summed E-state index contributed by atoms with van der Waals surface area (Å²) in [5.41, 5.74) is 6.40. The van der Waals surface area contributed by atoms with Crippen LogP contribution in [0.15, 0.2) is 140 Å². The Morgan fingerprint density at radius 1 is 0.417 bits per heavy atom. The van der Waals surface area contributed by atoms with E-state index >= 15 is 0 Å². The SMILES string of the molecule is O=C(CC(=O)c1ccc(-c2ccc(N(c3ccccc3)c3ccccc3)cc2)cc1)c1ccccc1. The molecule has 0 N–H and O–H groups in total. The molecular weight excluding hydrogens is 442 g/mol. The number of Topliss-reactive ketones (excluding diaryl/α,β-unsaturated/α-hetero) is 2. The van der Waals surface area contributed by atoms with Gasteiger partial charge in [0, 0.05) is 28.2 Å². The number of carbonyl (C=O) groups excluding carboxylic acids is 2. The van der Waals surface area contributed by atoms with Crippen molar-refractivity contribution in [2.45, 2.75) is 6.42 Å². The van der Waals surface area contributed by atoms with Crippen LogP contribution in [0.25, 0.3) is 11.1 Å². The Bertz CT molecular complexity index is 1400. The monoisotopic (exact) mass is 467 g/mol. The molecule has 0 saturated carbocycles. The van der Waals surface area contributed by atoms with Crippen LogP contribution in [0.4, 0.5) is 17.1 Å². The van der Waals surface area contributed by atoms with Crippen LogP contribution in [0, 0.1) is 0 Å². The van der Waals surface area contributed by atoms with Gasteiger partial charge in [0.25, 0.3) is 0 Å². The predicted octanol–water partition coefficient (Wildman–Crippen LogP) is 8.28. The van der Waals surface area contributed by atoms with E-state index < -0.39 is 0 Å². The maximum atomic E-state index is 12.6. The van der Waals surface area contributed by atoms with Gasteiger partial charge in [-0.05, 0) is 47.5 Å². The molecule has 0 heterocycles. The lowest BCUT2D eigenvalue weighted by Crippen LogP contribution is -2.09. The van der Waals surface area contributed by atoms with Crippen molar-refractivity contribution in [2.24, 2.45) is 0 Å². The van der Waals surface area contributed by atoms with Crippen LogP contribution in [-0.4, -0.2) is 11.6 Å². The van der Waals surface area contributed by atoms with Gasteiger partial charge in [-0.15, -0.1) is 0 Å². The molecule has 0 radical (unpaired) electrons. The van der Waals surface area contributed by atoms with Crippen LogP contribution in [0.1, 0.15) is 27.1 Å². The first-order valence-electron chi connectivity index (χ1n) is 11.9. The minimum absolute atomic E-state index is 0.132. The average Bonchev–Trinajstić information content (AvgIpc) is 2.95. The number of rotatable bonds is 8. The second-order valence-corrected chi connectivity index (χ2v) is 8.52. The van der Waals surface area contributed by atoms with E-state index in [0.717, 1.165) is 28.2 Å². The summed E-state index contributed by atoms with van der Waals surface area (Å²) >= 11 is 0. The van der Waals surface area contributed by atoms with Crippen molar-refractivity contribution in [3.8, 4) is 11.1 Å². The van der Waals surface area contributed by atoms with E-state index in [-0.39, 0.29) is 18.0 Å². The van der Waals surface area contributed by atoms with E-state index in [2.05, 4.69) is 53.4 Å². The molecule has 0 saturated heterocycles. The zero-order valence-electron chi connectivity index (χ0n) is 19.7. The van der Waals surface area contributed by atoms with Crippen LogP contribution >= 0.6 is 0 Å². The molecular formula is C33H25NO2. The molecule has 0 aliphatic heterocycles. The van der Waals surface area contributed by atoms with Crippen LogP contribution in [-0.2, 0) is 0 Å². The Morgan fingerprint density at radius 3 is 1.25 bits per heavy atom. The molecule has 5 aromatic rings. The maximum absolute atomic E-state index is 12.6. The van der Waals surface area contributed by atoms with E-state index in [4.69, 9.17) is 0 Å². The smallest absolute Gasteiger partial charge is 0.170 e. The van der Waals surface area contributed by atoms with Crippen molar-refractivity contribution >= 4 is 28.6 Å². The van der Waals surface area contributed by atoms with Gasteiger partial charge in [0.2, 0.25) is 0 Å². The number of ketones is 2. The molecule has 0 fully saturated rings. The van der Waals surface area contributed by atoms with Gasteiger partial charge in [-0.25, -0.2) is 0 Å². The van der Waals surface area contributed by atoms with Crippen molar-refractivity contribution in [3.05, 3.63) is 151 Å². The molecule has 0 atom stereocenters. The fraction of sp³-hybridized carbons (Fsp3) is 0.0303. The Morgan fingerprint density at radius 2 is 0.778 bits per heavy atom. The zero-order valence-corrected chi connectivity index (χ0v) is 19.7. The molecule has 3 nitrogen and oxygen atoms in total. The Labute approximate surface area is 211 Å². The van der Waals surface area contributed by atoms with Gasteiger partial charge in [-0.3, -0.25) is 9.59 Å². The van der Waals surface area contributed by atoms with Crippen LogP contribution in [0.3, 0.4) is 0 Å². The summed E-state index contributed by atoms with van der Waals surface area (Å²) in [5, 5.41) is 0. The highest BCUT2D eigenvalue weighted by Crippen LogP contribution is 2.35. The number of para-hydroxylation sites is 2.